The molecule has 1 heterocycles. The molecule has 0 saturated carbocycles. The van der Waals surface area contributed by atoms with E-state index in [0.29, 0.717) is 0 Å². The molecule has 4 heteroatoms. The minimum atomic E-state index is -0.254. The van der Waals surface area contributed by atoms with Crippen LogP contribution in [0.5, 0.6) is 0 Å². The van der Waals surface area contributed by atoms with Gasteiger partial charge < -0.3 is 14.6 Å². The van der Waals surface area contributed by atoms with Crippen LogP contribution in [0.3, 0.4) is 0 Å². The average Bonchev–Trinajstić information content (AvgIpc) is 2.60. The lowest BCUT2D eigenvalue weighted by Gasteiger charge is -2.16. The minimum Gasteiger partial charge on any atom is -0.394 e. The van der Waals surface area contributed by atoms with E-state index in [1.54, 1.807) is 0 Å². The number of benzene rings is 1. The van der Waals surface area contributed by atoms with Crippen molar-refractivity contribution < 1.29 is 14.6 Å². The summed E-state index contributed by atoms with van der Waals surface area (Å²) in [6, 6.07) is 7.99. The van der Waals surface area contributed by atoms with Crippen LogP contribution in [0.1, 0.15) is 18.6 Å². The molecule has 1 saturated heterocycles. The molecule has 0 radical (unpaired) electrons. The molecule has 82 valence electrons. The first-order valence-corrected chi connectivity index (χ1v) is 5.96. The largest absolute Gasteiger partial charge is 0.394 e. The summed E-state index contributed by atoms with van der Waals surface area (Å²) in [6.45, 7) is 1.83. The number of hydrogen-bond acceptors (Lipinski definition) is 3. The molecule has 0 unspecified atom stereocenters. The van der Waals surface area contributed by atoms with Crippen molar-refractivity contribution in [2.45, 2.75) is 25.4 Å². The van der Waals surface area contributed by atoms with Gasteiger partial charge in [0.15, 0.2) is 6.29 Å². The van der Waals surface area contributed by atoms with Gasteiger partial charge in [0, 0.05) is 3.57 Å². The molecule has 0 amide bonds. The first kappa shape index (κ1) is 11.3. The van der Waals surface area contributed by atoms with E-state index in [4.69, 9.17) is 9.47 Å². The smallest absolute Gasteiger partial charge is 0.156 e. The van der Waals surface area contributed by atoms with Gasteiger partial charge in [-0.2, -0.15) is 0 Å². The van der Waals surface area contributed by atoms with Crippen LogP contribution in [0.25, 0.3) is 0 Å². The summed E-state index contributed by atoms with van der Waals surface area (Å²) in [5, 5.41) is 9.20. The van der Waals surface area contributed by atoms with Crippen LogP contribution in [0.4, 0.5) is 0 Å². The fourth-order valence-electron chi connectivity index (χ4n) is 1.76. The van der Waals surface area contributed by atoms with Gasteiger partial charge in [-0.05, 0) is 41.1 Å². The zero-order valence-electron chi connectivity index (χ0n) is 8.39. The summed E-state index contributed by atoms with van der Waals surface area (Å²) in [7, 11) is 0. The van der Waals surface area contributed by atoms with Crippen molar-refractivity contribution in [1.82, 2.24) is 0 Å². The van der Waals surface area contributed by atoms with Crippen molar-refractivity contribution in [1.29, 1.82) is 0 Å². The second-order valence-corrected chi connectivity index (χ2v) is 4.67. The highest BCUT2D eigenvalue weighted by molar-refractivity contribution is 14.1. The van der Waals surface area contributed by atoms with E-state index < -0.39 is 0 Å². The van der Waals surface area contributed by atoms with Gasteiger partial charge in [-0.15, -0.1) is 0 Å². The van der Waals surface area contributed by atoms with E-state index in [1.807, 2.05) is 31.2 Å². The van der Waals surface area contributed by atoms with E-state index in [9.17, 15) is 5.11 Å². The van der Waals surface area contributed by atoms with Crippen LogP contribution in [-0.2, 0) is 9.47 Å². The number of halogens is 1. The van der Waals surface area contributed by atoms with Crippen LogP contribution >= 0.6 is 22.6 Å². The molecule has 1 N–H and O–H groups in total. The first-order valence-electron chi connectivity index (χ1n) is 4.88. The van der Waals surface area contributed by atoms with E-state index in [-0.39, 0.29) is 25.1 Å². The molecule has 0 aromatic heterocycles. The Balaban J connectivity index is 2.26. The quantitative estimate of drug-likeness (QED) is 0.848. The third-order valence-electron chi connectivity index (χ3n) is 2.43. The zero-order chi connectivity index (χ0) is 10.8. The SMILES string of the molecule is C[C@@H]1O[C@H](c2ccccc2I)[C@@H](CO)O1. The fraction of sp³-hybridized carbons (Fsp3) is 0.455. The van der Waals surface area contributed by atoms with Gasteiger partial charge in [-0.1, -0.05) is 18.2 Å². The predicted octanol–water partition coefficient (Wildman–Crippen LogP) is 2.09. The molecule has 0 bridgehead atoms. The van der Waals surface area contributed by atoms with Gasteiger partial charge in [0.05, 0.1) is 6.61 Å². The molecule has 15 heavy (non-hydrogen) atoms. The van der Waals surface area contributed by atoms with Gasteiger partial charge in [-0.25, -0.2) is 0 Å². The normalized spacial score (nSPS) is 30.7. The van der Waals surface area contributed by atoms with Crippen LogP contribution in [0.15, 0.2) is 24.3 Å². The average molecular weight is 320 g/mol. The Hall–Kier alpha value is -0.170. The van der Waals surface area contributed by atoms with Crippen LogP contribution in [0.2, 0.25) is 0 Å². The molecule has 1 fully saturated rings. The highest BCUT2D eigenvalue weighted by Gasteiger charge is 2.35. The molecule has 0 spiro atoms. The van der Waals surface area contributed by atoms with Crippen molar-refractivity contribution in [3.05, 3.63) is 33.4 Å². The number of hydrogen-bond donors (Lipinski definition) is 1. The lowest BCUT2D eigenvalue weighted by Crippen LogP contribution is -2.20. The van der Waals surface area contributed by atoms with Crippen LogP contribution < -0.4 is 0 Å². The van der Waals surface area contributed by atoms with E-state index in [2.05, 4.69) is 22.6 Å². The third-order valence-corrected chi connectivity index (χ3v) is 3.42. The summed E-state index contributed by atoms with van der Waals surface area (Å²) in [6.07, 6.45) is -0.655. The molecule has 3 atom stereocenters. The van der Waals surface area contributed by atoms with Gasteiger partial charge >= 0.3 is 0 Å². The maximum atomic E-state index is 9.20. The Morgan fingerprint density at radius 1 is 1.33 bits per heavy atom. The van der Waals surface area contributed by atoms with Gasteiger partial charge in [0.1, 0.15) is 12.2 Å². The topological polar surface area (TPSA) is 38.7 Å². The fourth-order valence-corrected chi connectivity index (χ4v) is 2.46. The summed E-state index contributed by atoms with van der Waals surface area (Å²) in [5.41, 5.74) is 1.08. The summed E-state index contributed by atoms with van der Waals surface area (Å²) >= 11 is 2.27. The standard InChI is InChI=1S/C11H13IO3/c1-7-14-10(6-13)11(15-7)8-4-2-3-5-9(8)12/h2-5,7,10-11,13H,6H2,1H3/t7-,10+,11+/m0/s1. The second-order valence-electron chi connectivity index (χ2n) is 3.50. The lowest BCUT2D eigenvalue weighted by molar-refractivity contribution is -0.0564. The molecule has 1 aliphatic rings. The van der Waals surface area contributed by atoms with Gasteiger partial charge in [0.2, 0.25) is 0 Å². The van der Waals surface area contributed by atoms with Crippen LogP contribution in [0, 0.1) is 3.57 Å². The predicted molar refractivity (Wildman–Crippen MR) is 64.4 cm³/mol. The van der Waals surface area contributed by atoms with E-state index in [0.717, 1.165) is 9.13 Å². The third kappa shape index (κ3) is 2.33. The minimum absolute atomic E-state index is 0.0139. The Morgan fingerprint density at radius 3 is 2.73 bits per heavy atom. The molecular formula is C11H13IO3. The highest BCUT2D eigenvalue weighted by Crippen LogP contribution is 2.34. The maximum absolute atomic E-state index is 9.20. The molecule has 1 aliphatic heterocycles. The van der Waals surface area contributed by atoms with Crippen molar-refractivity contribution in [3.63, 3.8) is 0 Å². The second kappa shape index (κ2) is 4.78. The summed E-state index contributed by atoms with van der Waals surface area (Å²) in [4.78, 5) is 0. The maximum Gasteiger partial charge on any atom is 0.156 e. The first-order chi connectivity index (χ1) is 7.22. The Morgan fingerprint density at radius 2 is 2.07 bits per heavy atom. The molecule has 0 aliphatic carbocycles. The van der Waals surface area contributed by atoms with E-state index >= 15 is 0 Å². The molecule has 2 rings (SSSR count). The lowest BCUT2D eigenvalue weighted by atomic mass is 10.1. The number of ether oxygens (including phenoxy) is 2. The summed E-state index contributed by atoms with van der Waals surface area (Å²) < 4.78 is 12.2. The number of rotatable bonds is 2. The Bertz CT molecular complexity index is 342. The van der Waals surface area contributed by atoms with E-state index in [1.165, 1.54) is 0 Å². The van der Waals surface area contributed by atoms with Crippen LogP contribution in [-0.4, -0.2) is 24.1 Å². The number of aliphatic hydroxyl groups excluding tert-OH is 1. The Labute approximate surface area is 103 Å². The van der Waals surface area contributed by atoms with Gasteiger partial charge in [-0.3, -0.25) is 0 Å². The monoisotopic (exact) mass is 320 g/mol. The molecule has 1 aromatic rings. The van der Waals surface area contributed by atoms with Crippen molar-refractivity contribution >= 4 is 22.6 Å². The Kier molecular flexibility index (Phi) is 3.60. The van der Waals surface area contributed by atoms with Crippen molar-refractivity contribution in [2.75, 3.05) is 6.61 Å². The highest BCUT2D eigenvalue weighted by atomic mass is 127. The summed E-state index contributed by atoms with van der Waals surface area (Å²) in [5.74, 6) is 0. The molecule has 3 nitrogen and oxygen atoms in total. The van der Waals surface area contributed by atoms with Crippen molar-refractivity contribution in [3.8, 4) is 0 Å². The molecule has 1 aromatic carbocycles. The zero-order valence-corrected chi connectivity index (χ0v) is 10.5. The number of aliphatic hydroxyl groups is 1. The van der Waals surface area contributed by atoms with Gasteiger partial charge in [0.25, 0.3) is 0 Å². The van der Waals surface area contributed by atoms with Crippen molar-refractivity contribution in [2.24, 2.45) is 0 Å². The molecular weight excluding hydrogens is 307 g/mol.